The molecule has 0 radical (unpaired) electrons. The monoisotopic (exact) mass is 453 g/mol. The van der Waals surface area contributed by atoms with E-state index >= 15 is 0 Å². The number of aryl methyl sites for hydroxylation is 1. The van der Waals surface area contributed by atoms with Crippen LogP contribution in [0.2, 0.25) is 0 Å². The topological polar surface area (TPSA) is 99.1 Å². The fourth-order valence-corrected chi connectivity index (χ4v) is 4.83. The van der Waals surface area contributed by atoms with Crippen LogP contribution in [0.5, 0.6) is 11.5 Å². The van der Waals surface area contributed by atoms with Gasteiger partial charge in [0.05, 0.1) is 12.6 Å². The van der Waals surface area contributed by atoms with Crippen molar-refractivity contribution < 1.29 is 28.6 Å². The van der Waals surface area contributed by atoms with E-state index in [1.165, 1.54) is 0 Å². The summed E-state index contributed by atoms with van der Waals surface area (Å²) in [6.45, 7) is 6.71. The minimum Gasteiger partial charge on any atom is -0.454 e. The highest BCUT2D eigenvalue weighted by molar-refractivity contribution is 6.11. The summed E-state index contributed by atoms with van der Waals surface area (Å²) in [4.78, 5) is 40.2. The molecule has 9 nitrogen and oxygen atoms in total. The normalized spacial score (nSPS) is 24.0. The van der Waals surface area contributed by atoms with E-state index in [1.807, 2.05) is 19.9 Å². The van der Waals surface area contributed by atoms with Crippen molar-refractivity contribution in [2.24, 2.45) is 0 Å². The number of hydrogen-bond acceptors (Lipinski definition) is 6. The number of ether oxygens (including phenoxy) is 3. The second-order valence-electron chi connectivity index (χ2n) is 8.97. The van der Waals surface area contributed by atoms with Crippen LogP contribution >= 0.6 is 0 Å². The van der Waals surface area contributed by atoms with Crippen molar-refractivity contribution in [3.8, 4) is 11.5 Å². The van der Waals surface area contributed by atoms with Crippen LogP contribution in [-0.2, 0) is 21.6 Å². The van der Waals surface area contributed by atoms with Gasteiger partial charge in [0.1, 0.15) is 5.54 Å². The molecule has 0 spiro atoms. The van der Waals surface area contributed by atoms with Gasteiger partial charge in [-0.25, -0.2) is 4.79 Å². The summed E-state index contributed by atoms with van der Waals surface area (Å²) < 4.78 is 18.5. The molecule has 0 saturated carbocycles. The Morgan fingerprint density at radius 2 is 1.97 bits per heavy atom. The molecule has 9 heteroatoms. The van der Waals surface area contributed by atoms with Crippen LogP contribution in [0.3, 0.4) is 0 Å². The summed E-state index contributed by atoms with van der Waals surface area (Å²) >= 11 is 0. The molecule has 33 heavy (non-hydrogen) atoms. The first kappa shape index (κ1) is 21.5. The van der Waals surface area contributed by atoms with Gasteiger partial charge < -0.3 is 24.1 Å². The first-order valence-electron chi connectivity index (χ1n) is 11.1. The molecular formula is C24H27N3O6. The molecule has 2 saturated heterocycles. The summed E-state index contributed by atoms with van der Waals surface area (Å²) in [7, 11) is 0. The number of benzene rings is 1. The molecule has 1 N–H and O–H groups in total. The SMILES string of the molecule is Cc1cc(C(=O)CN2C(=O)N[C@](C)(c3ccc4c(c3)OCO4)C2=O)c(C)n1C[C@@H]1CCCO1. The van der Waals surface area contributed by atoms with Crippen LogP contribution in [0.25, 0.3) is 0 Å². The van der Waals surface area contributed by atoms with Crippen molar-refractivity contribution >= 4 is 17.7 Å². The second kappa shape index (κ2) is 7.91. The Morgan fingerprint density at radius 3 is 2.73 bits per heavy atom. The molecule has 0 unspecified atom stereocenters. The third-order valence-electron chi connectivity index (χ3n) is 6.81. The van der Waals surface area contributed by atoms with Gasteiger partial charge in [-0.05, 0) is 57.4 Å². The van der Waals surface area contributed by atoms with Gasteiger partial charge in [0, 0.05) is 30.1 Å². The van der Waals surface area contributed by atoms with E-state index < -0.39 is 17.5 Å². The molecule has 3 amide bonds. The zero-order valence-corrected chi connectivity index (χ0v) is 19.0. The number of fused-ring (bicyclic) bond motifs is 1. The average Bonchev–Trinajstić information content (AvgIpc) is 3.56. The van der Waals surface area contributed by atoms with Crippen LogP contribution in [0.1, 0.15) is 47.1 Å². The molecule has 2 atom stereocenters. The Balaban J connectivity index is 1.35. The highest BCUT2D eigenvalue weighted by Gasteiger charge is 2.50. The number of hydrogen-bond donors (Lipinski definition) is 1. The molecule has 2 fully saturated rings. The molecular weight excluding hydrogens is 426 g/mol. The molecule has 5 rings (SSSR count). The summed E-state index contributed by atoms with van der Waals surface area (Å²) in [6, 6.07) is 6.34. The highest BCUT2D eigenvalue weighted by atomic mass is 16.7. The fourth-order valence-electron chi connectivity index (χ4n) is 4.83. The van der Waals surface area contributed by atoms with E-state index in [-0.39, 0.29) is 25.2 Å². The predicted molar refractivity (Wildman–Crippen MR) is 117 cm³/mol. The summed E-state index contributed by atoms with van der Waals surface area (Å²) in [6.07, 6.45) is 2.19. The molecule has 3 aliphatic heterocycles. The number of carbonyl (C=O) groups is 3. The van der Waals surface area contributed by atoms with Crippen molar-refractivity contribution in [3.05, 3.63) is 46.8 Å². The molecule has 1 aromatic carbocycles. The Kier molecular flexibility index (Phi) is 5.16. The molecule has 0 bridgehead atoms. The van der Waals surface area contributed by atoms with E-state index in [2.05, 4.69) is 9.88 Å². The van der Waals surface area contributed by atoms with Crippen molar-refractivity contribution in [1.82, 2.24) is 14.8 Å². The molecule has 3 aliphatic rings. The lowest BCUT2D eigenvalue weighted by Gasteiger charge is -2.22. The Labute approximate surface area is 191 Å². The van der Waals surface area contributed by atoms with Crippen LogP contribution in [0.15, 0.2) is 24.3 Å². The zero-order chi connectivity index (χ0) is 23.3. The minimum atomic E-state index is -1.30. The van der Waals surface area contributed by atoms with Gasteiger partial charge in [-0.3, -0.25) is 14.5 Å². The van der Waals surface area contributed by atoms with Gasteiger partial charge in [-0.2, -0.15) is 0 Å². The molecule has 1 aromatic heterocycles. The summed E-state index contributed by atoms with van der Waals surface area (Å²) in [5, 5.41) is 2.74. The number of urea groups is 1. The van der Waals surface area contributed by atoms with Gasteiger partial charge >= 0.3 is 6.03 Å². The first-order valence-corrected chi connectivity index (χ1v) is 11.1. The number of ketones is 1. The van der Waals surface area contributed by atoms with E-state index in [0.29, 0.717) is 29.2 Å². The van der Waals surface area contributed by atoms with Gasteiger partial charge in [-0.15, -0.1) is 0 Å². The van der Waals surface area contributed by atoms with Gasteiger partial charge in [0.15, 0.2) is 17.3 Å². The van der Waals surface area contributed by atoms with Gasteiger partial charge in [0.2, 0.25) is 6.79 Å². The Bertz CT molecular complexity index is 1150. The number of carbonyl (C=O) groups excluding carboxylic acids is 3. The molecule has 2 aromatic rings. The summed E-state index contributed by atoms with van der Waals surface area (Å²) in [5.41, 5.74) is 1.56. The standard InChI is InChI=1S/C24H27N3O6/c1-14-9-18(15(2)26(14)11-17-5-4-8-31-17)19(28)12-27-22(29)24(3,25-23(27)30)16-6-7-20-21(10-16)33-13-32-20/h6-7,9-10,17H,4-5,8,11-13H2,1-3H3,(H,25,30)/t17-,24+/m0/s1. The van der Waals surface area contributed by atoms with Crippen molar-refractivity contribution in [1.29, 1.82) is 0 Å². The van der Waals surface area contributed by atoms with Crippen molar-refractivity contribution in [2.75, 3.05) is 19.9 Å². The third kappa shape index (κ3) is 3.56. The minimum absolute atomic E-state index is 0.113. The maximum absolute atomic E-state index is 13.3. The summed E-state index contributed by atoms with van der Waals surface area (Å²) in [5.74, 6) is 0.349. The lowest BCUT2D eigenvalue weighted by molar-refractivity contribution is -0.130. The number of nitrogens with zero attached hydrogens (tertiary/aromatic N) is 2. The number of imide groups is 1. The third-order valence-corrected chi connectivity index (χ3v) is 6.81. The van der Waals surface area contributed by atoms with Crippen LogP contribution < -0.4 is 14.8 Å². The first-order chi connectivity index (χ1) is 15.8. The maximum Gasteiger partial charge on any atom is 0.325 e. The van der Waals surface area contributed by atoms with Crippen molar-refractivity contribution in [3.63, 3.8) is 0 Å². The molecule has 4 heterocycles. The quantitative estimate of drug-likeness (QED) is 0.533. The number of nitrogens with one attached hydrogen (secondary N) is 1. The van der Waals surface area contributed by atoms with Gasteiger partial charge in [0.25, 0.3) is 5.91 Å². The highest BCUT2D eigenvalue weighted by Crippen LogP contribution is 2.38. The number of rotatable bonds is 6. The van der Waals surface area contributed by atoms with Crippen LogP contribution in [0, 0.1) is 13.8 Å². The van der Waals surface area contributed by atoms with Gasteiger partial charge in [-0.1, -0.05) is 6.07 Å². The van der Waals surface area contributed by atoms with E-state index in [4.69, 9.17) is 14.2 Å². The average molecular weight is 453 g/mol. The second-order valence-corrected chi connectivity index (χ2v) is 8.97. The Morgan fingerprint density at radius 1 is 1.18 bits per heavy atom. The largest absolute Gasteiger partial charge is 0.454 e. The smallest absolute Gasteiger partial charge is 0.325 e. The molecule has 0 aliphatic carbocycles. The lowest BCUT2D eigenvalue weighted by Crippen LogP contribution is -2.41. The van der Waals surface area contributed by atoms with E-state index in [9.17, 15) is 14.4 Å². The van der Waals surface area contributed by atoms with Crippen molar-refractivity contribution in [2.45, 2.75) is 51.8 Å². The number of aromatic nitrogens is 1. The number of amides is 3. The zero-order valence-electron chi connectivity index (χ0n) is 19.0. The van der Waals surface area contributed by atoms with Crippen LogP contribution in [0.4, 0.5) is 4.79 Å². The Hall–Kier alpha value is -3.33. The number of Topliss-reactive ketones (excluding diaryl/α,β-unsaturated/α-hetero) is 1. The maximum atomic E-state index is 13.3. The van der Waals surface area contributed by atoms with E-state index in [0.717, 1.165) is 35.7 Å². The lowest BCUT2D eigenvalue weighted by atomic mass is 9.91. The molecule has 174 valence electrons. The predicted octanol–water partition coefficient (Wildman–Crippen LogP) is 2.66. The van der Waals surface area contributed by atoms with E-state index in [1.54, 1.807) is 25.1 Å². The fraction of sp³-hybridized carbons (Fsp3) is 0.458. The van der Waals surface area contributed by atoms with Crippen LogP contribution in [-0.4, -0.2) is 53.2 Å².